The Morgan fingerprint density at radius 1 is 0.800 bits per heavy atom. The third-order valence-electron chi connectivity index (χ3n) is 5.30. The number of hydrogen-bond donors (Lipinski definition) is 0. The van der Waals surface area contributed by atoms with Crippen molar-refractivity contribution >= 4 is 23.4 Å². The third kappa shape index (κ3) is 7.06. The number of carbonyl (C=O) groups is 2. The van der Waals surface area contributed by atoms with E-state index in [1.165, 1.54) is 5.56 Å². The molecule has 1 aliphatic rings. The predicted octanol–water partition coefficient (Wildman–Crippen LogP) is 4.19. The smallest absolute Gasteiger partial charge is 0.222 e. The Balaban J connectivity index is 1.28. The molecule has 0 unspecified atom stereocenters. The van der Waals surface area contributed by atoms with Gasteiger partial charge in [-0.2, -0.15) is 0 Å². The first-order valence-corrected chi connectivity index (χ1v) is 11.0. The van der Waals surface area contributed by atoms with Crippen LogP contribution < -0.4 is 4.74 Å². The Labute approximate surface area is 183 Å². The van der Waals surface area contributed by atoms with Crippen LogP contribution in [-0.4, -0.2) is 54.4 Å². The van der Waals surface area contributed by atoms with Gasteiger partial charge in [0.15, 0.2) is 0 Å². The van der Waals surface area contributed by atoms with E-state index in [0.717, 1.165) is 18.6 Å². The average molecular weight is 429 g/mol. The summed E-state index contributed by atoms with van der Waals surface area (Å²) in [4.78, 5) is 28.6. The van der Waals surface area contributed by atoms with E-state index in [2.05, 4.69) is 12.1 Å². The molecule has 0 bridgehead atoms. The van der Waals surface area contributed by atoms with Crippen molar-refractivity contribution in [1.29, 1.82) is 0 Å². The van der Waals surface area contributed by atoms with Crippen LogP contribution >= 0.6 is 11.6 Å². The van der Waals surface area contributed by atoms with Gasteiger partial charge in [0.1, 0.15) is 5.75 Å². The second kappa shape index (κ2) is 11.6. The van der Waals surface area contributed by atoms with Crippen molar-refractivity contribution in [3.05, 3.63) is 65.2 Å². The minimum atomic E-state index is 0.130. The number of benzene rings is 2. The van der Waals surface area contributed by atoms with Crippen LogP contribution in [0.1, 0.15) is 31.2 Å². The quantitative estimate of drug-likeness (QED) is 0.562. The molecule has 3 rings (SSSR count). The number of halogens is 1. The van der Waals surface area contributed by atoms with Crippen molar-refractivity contribution in [1.82, 2.24) is 9.80 Å². The van der Waals surface area contributed by atoms with Crippen molar-refractivity contribution in [2.24, 2.45) is 0 Å². The number of nitrogens with zero attached hydrogens (tertiary/aromatic N) is 2. The maximum Gasteiger partial charge on any atom is 0.222 e. The molecule has 0 atom stereocenters. The summed E-state index contributed by atoms with van der Waals surface area (Å²) < 4.78 is 5.63. The SMILES string of the molecule is O=C(CCCOc1ccc(Cl)cc1)N1CCN(C(=O)CCCc2ccccc2)CC1. The highest BCUT2D eigenvalue weighted by Crippen LogP contribution is 2.16. The Hall–Kier alpha value is -2.53. The van der Waals surface area contributed by atoms with Gasteiger partial charge in [0.05, 0.1) is 6.61 Å². The van der Waals surface area contributed by atoms with Crippen LogP contribution in [0.15, 0.2) is 54.6 Å². The third-order valence-corrected chi connectivity index (χ3v) is 5.55. The minimum absolute atomic E-state index is 0.130. The average Bonchev–Trinajstić information content (AvgIpc) is 2.78. The number of piperazine rings is 1. The summed E-state index contributed by atoms with van der Waals surface area (Å²) in [5.74, 6) is 1.08. The fourth-order valence-electron chi connectivity index (χ4n) is 3.55. The van der Waals surface area contributed by atoms with Crippen molar-refractivity contribution in [2.45, 2.75) is 32.1 Å². The van der Waals surface area contributed by atoms with Gasteiger partial charge in [0.2, 0.25) is 11.8 Å². The Morgan fingerprint density at radius 3 is 1.97 bits per heavy atom. The lowest BCUT2D eigenvalue weighted by atomic mass is 10.1. The summed E-state index contributed by atoms with van der Waals surface area (Å²) in [6.07, 6.45) is 3.46. The number of hydrogen-bond acceptors (Lipinski definition) is 3. The molecule has 0 radical (unpaired) electrons. The molecule has 0 aliphatic carbocycles. The predicted molar refractivity (Wildman–Crippen MR) is 119 cm³/mol. The maximum atomic E-state index is 12.4. The van der Waals surface area contributed by atoms with Gasteiger partial charge in [0.25, 0.3) is 0 Å². The van der Waals surface area contributed by atoms with Gasteiger partial charge in [-0.05, 0) is 49.1 Å². The first-order chi connectivity index (χ1) is 14.6. The molecule has 2 amide bonds. The molecule has 1 saturated heterocycles. The molecule has 0 aromatic heterocycles. The zero-order chi connectivity index (χ0) is 21.2. The van der Waals surface area contributed by atoms with Gasteiger partial charge < -0.3 is 14.5 Å². The lowest BCUT2D eigenvalue weighted by molar-refractivity contribution is -0.139. The van der Waals surface area contributed by atoms with Crippen LogP contribution in [0.4, 0.5) is 0 Å². The maximum absolute atomic E-state index is 12.4. The van der Waals surface area contributed by atoms with E-state index in [-0.39, 0.29) is 11.8 Å². The van der Waals surface area contributed by atoms with Gasteiger partial charge in [-0.3, -0.25) is 9.59 Å². The van der Waals surface area contributed by atoms with E-state index in [1.807, 2.05) is 40.1 Å². The van der Waals surface area contributed by atoms with Crippen molar-refractivity contribution in [2.75, 3.05) is 32.8 Å². The summed E-state index contributed by atoms with van der Waals surface area (Å²) in [7, 11) is 0. The second-order valence-corrected chi connectivity index (χ2v) is 7.94. The number of ether oxygens (including phenoxy) is 1. The molecule has 1 fully saturated rings. The second-order valence-electron chi connectivity index (χ2n) is 7.51. The number of carbonyl (C=O) groups excluding carboxylic acids is 2. The first kappa shape index (κ1) is 22.2. The molecular formula is C24H29ClN2O3. The van der Waals surface area contributed by atoms with Crippen molar-refractivity contribution in [3.8, 4) is 5.75 Å². The van der Waals surface area contributed by atoms with Crippen LogP contribution in [0.5, 0.6) is 5.75 Å². The lowest BCUT2D eigenvalue weighted by Gasteiger charge is -2.35. The standard InChI is InChI=1S/C24H29ClN2O3/c25-21-11-13-22(14-12-21)30-19-5-10-24(29)27-17-15-26(16-18-27)23(28)9-4-8-20-6-2-1-3-7-20/h1-3,6-7,11-14H,4-5,8-10,15-19H2. The monoisotopic (exact) mass is 428 g/mol. The topological polar surface area (TPSA) is 49.9 Å². The van der Waals surface area contributed by atoms with E-state index in [1.54, 1.807) is 12.1 Å². The molecule has 0 N–H and O–H groups in total. The zero-order valence-corrected chi connectivity index (χ0v) is 18.0. The zero-order valence-electron chi connectivity index (χ0n) is 17.3. The van der Waals surface area contributed by atoms with Crippen LogP contribution in [-0.2, 0) is 16.0 Å². The molecule has 5 nitrogen and oxygen atoms in total. The van der Waals surface area contributed by atoms with E-state index >= 15 is 0 Å². The summed E-state index contributed by atoms with van der Waals surface area (Å²) in [5.41, 5.74) is 1.26. The van der Waals surface area contributed by atoms with Gasteiger partial charge in [-0.25, -0.2) is 0 Å². The normalized spacial score (nSPS) is 13.9. The van der Waals surface area contributed by atoms with Crippen molar-refractivity contribution in [3.63, 3.8) is 0 Å². The largest absolute Gasteiger partial charge is 0.494 e. The highest BCUT2D eigenvalue weighted by molar-refractivity contribution is 6.30. The van der Waals surface area contributed by atoms with Gasteiger partial charge in [0, 0.05) is 44.0 Å². The summed E-state index contributed by atoms with van der Waals surface area (Å²) in [6, 6.07) is 17.4. The molecule has 30 heavy (non-hydrogen) atoms. The van der Waals surface area contributed by atoms with E-state index in [0.29, 0.717) is 57.1 Å². The molecule has 160 valence electrons. The fraction of sp³-hybridized carbons (Fsp3) is 0.417. The minimum Gasteiger partial charge on any atom is -0.494 e. The van der Waals surface area contributed by atoms with Crippen molar-refractivity contribution < 1.29 is 14.3 Å². The molecule has 0 saturated carbocycles. The van der Waals surface area contributed by atoms with Gasteiger partial charge >= 0.3 is 0 Å². The summed E-state index contributed by atoms with van der Waals surface area (Å²) >= 11 is 5.85. The fourth-order valence-corrected chi connectivity index (χ4v) is 3.68. The first-order valence-electron chi connectivity index (χ1n) is 10.6. The Bertz CT molecular complexity index is 803. The highest BCUT2D eigenvalue weighted by Gasteiger charge is 2.23. The van der Waals surface area contributed by atoms with Gasteiger partial charge in [-0.15, -0.1) is 0 Å². The van der Waals surface area contributed by atoms with Crippen LogP contribution in [0.2, 0.25) is 5.02 Å². The van der Waals surface area contributed by atoms with Crippen LogP contribution in [0.3, 0.4) is 0 Å². The molecule has 1 aliphatic heterocycles. The van der Waals surface area contributed by atoms with Crippen LogP contribution in [0, 0.1) is 0 Å². The molecule has 2 aromatic carbocycles. The molecule has 1 heterocycles. The molecule has 0 spiro atoms. The Kier molecular flexibility index (Phi) is 8.57. The molecule has 6 heteroatoms. The summed E-state index contributed by atoms with van der Waals surface area (Å²) in [5, 5.41) is 0.673. The van der Waals surface area contributed by atoms with E-state index < -0.39 is 0 Å². The van der Waals surface area contributed by atoms with Gasteiger partial charge in [-0.1, -0.05) is 41.9 Å². The highest BCUT2D eigenvalue weighted by atomic mass is 35.5. The molecular weight excluding hydrogens is 400 g/mol. The van der Waals surface area contributed by atoms with E-state index in [9.17, 15) is 9.59 Å². The lowest BCUT2D eigenvalue weighted by Crippen LogP contribution is -2.50. The number of aryl methyl sites for hydroxylation is 1. The molecule has 2 aromatic rings. The van der Waals surface area contributed by atoms with E-state index in [4.69, 9.17) is 16.3 Å². The summed E-state index contributed by atoms with van der Waals surface area (Å²) in [6.45, 7) is 2.96. The Morgan fingerprint density at radius 2 is 1.37 bits per heavy atom. The number of rotatable bonds is 9. The number of amides is 2. The van der Waals surface area contributed by atoms with Crippen LogP contribution in [0.25, 0.3) is 0 Å².